The molecule has 1 aliphatic rings. The number of hydrogen-bond acceptors (Lipinski definition) is 3. The first-order valence-corrected chi connectivity index (χ1v) is 8.01. The van der Waals surface area contributed by atoms with Gasteiger partial charge in [-0.1, -0.05) is 0 Å². The van der Waals surface area contributed by atoms with Gasteiger partial charge in [0.15, 0.2) is 0 Å². The number of halogens is 1. The summed E-state index contributed by atoms with van der Waals surface area (Å²) in [4.78, 5) is 13.8. The van der Waals surface area contributed by atoms with Crippen LogP contribution in [0, 0.1) is 5.92 Å². The molecule has 0 saturated heterocycles. The zero-order valence-electron chi connectivity index (χ0n) is 11.2. The van der Waals surface area contributed by atoms with E-state index in [9.17, 15) is 4.79 Å². The van der Waals surface area contributed by atoms with Crippen molar-refractivity contribution >= 4 is 33.3 Å². The fraction of sp³-hybridized carbons (Fsp3) is 0.615. The Morgan fingerprint density at radius 3 is 2.95 bits per heavy atom. The summed E-state index contributed by atoms with van der Waals surface area (Å²) in [6, 6.07) is 2.31. The van der Waals surface area contributed by atoms with E-state index in [1.54, 1.807) is 23.3 Å². The summed E-state index contributed by atoms with van der Waals surface area (Å²) < 4.78 is 6.24. The minimum Gasteiger partial charge on any atom is -0.384 e. The Kier molecular flexibility index (Phi) is 5.24. The van der Waals surface area contributed by atoms with Crippen LogP contribution in [0.1, 0.15) is 18.4 Å². The van der Waals surface area contributed by atoms with E-state index in [1.807, 2.05) is 13.1 Å². The molecule has 0 unspecified atom stereocenters. The van der Waals surface area contributed by atoms with Crippen molar-refractivity contribution in [1.29, 1.82) is 0 Å². The Morgan fingerprint density at radius 2 is 2.42 bits per heavy atom. The number of thiophene rings is 1. The lowest BCUT2D eigenvalue weighted by Gasteiger charge is -2.37. The molecule has 0 aromatic carbocycles. The third kappa shape index (κ3) is 3.94. The number of nitrogens with zero attached hydrogens (tertiary/aromatic N) is 1. The summed E-state index contributed by atoms with van der Waals surface area (Å²) in [5, 5.41) is 5.14. The first-order chi connectivity index (χ1) is 9.10. The van der Waals surface area contributed by atoms with E-state index < -0.39 is 0 Å². The second kappa shape index (κ2) is 6.72. The second-order valence-corrected chi connectivity index (χ2v) is 7.25. The summed E-state index contributed by atoms with van der Waals surface area (Å²) in [5.41, 5.74) is 1.15. The van der Waals surface area contributed by atoms with Crippen molar-refractivity contribution in [2.24, 2.45) is 5.92 Å². The van der Waals surface area contributed by atoms with Gasteiger partial charge >= 0.3 is 6.03 Å². The quantitative estimate of drug-likeness (QED) is 0.889. The van der Waals surface area contributed by atoms with Crippen LogP contribution >= 0.6 is 27.3 Å². The third-order valence-corrected chi connectivity index (χ3v) is 5.05. The standard InChI is InChI=1S/C13H19BrN2O2S/c1-16(6-9-5-12(14)19-8-9)13(17)15-11-4-3-10(11)7-18-2/h5,8,10-11H,3-4,6-7H2,1-2H3,(H,15,17)/t10-,11-/m1/s1. The van der Waals surface area contributed by atoms with Gasteiger partial charge in [0.25, 0.3) is 0 Å². The molecule has 2 rings (SSSR count). The lowest BCUT2D eigenvalue weighted by atomic mass is 9.80. The average Bonchev–Trinajstić information content (AvgIpc) is 2.76. The van der Waals surface area contributed by atoms with Gasteiger partial charge in [0.2, 0.25) is 0 Å². The highest BCUT2D eigenvalue weighted by atomic mass is 79.9. The molecule has 0 bridgehead atoms. The zero-order valence-corrected chi connectivity index (χ0v) is 13.6. The van der Waals surface area contributed by atoms with Gasteiger partial charge in [0, 0.05) is 32.7 Å². The van der Waals surface area contributed by atoms with Crippen molar-refractivity contribution in [3.05, 3.63) is 20.8 Å². The van der Waals surface area contributed by atoms with Crippen molar-refractivity contribution < 1.29 is 9.53 Å². The van der Waals surface area contributed by atoms with Crippen LogP contribution in [-0.2, 0) is 11.3 Å². The first-order valence-electron chi connectivity index (χ1n) is 6.33. The maximum atomic E-state index is 12.1. The maximum Gasteiger partial charge on any atom is 0.317 e. The molecular formula is C13H19BrN2O2S. The Labute approximate surface area is 126 Å². The Hall–Kier alpha value is -0.590. The van der Waals surface area contributed by atoms with E-state index in [1.165, 1.54) is 0 Å². The minimum atomic E-state index is -0.00637. The SMILES string of the molecule is COC[C@H]1CC[C@H]1NC(=O)N(C)Cc1csc(Br)c1. The number of ether oxygens (including phenoxy) is 1. The molecule has 1 aromatic heterocycles. The third-order valence-electron chi connectivity index (χ3n) is 3.50. The number of rotatable bonds is 5. The van der Waals surface area contributed by atoms with E-state index in [0.29, 0.717) is 12.5 Å². The molecule has 1 heterocycles. The summed E-state index contributed by atoms with van der Waals surface area (Å²) in [7, 11) is 3.53. The molecule has 1 fully saturated rings. The fourth-order valence-corrected chi connectivity index (χ4v) is 3.42. The van der Waals surface area contributed by atoms with Crippen molar-refractivity contribution in [3.63, 3.8) is 0 Å². The number of carbonyl (C=O) groups excluding carboxylic acids is 1. The monoisotopic (exact) mass is 346 g/mol. The van der Waals surface area contributed by atoms with Gasteiger partial charge in [-0.3, -0.25) is 0 Å². The van der Waals surface area contributed by atoms with Gasteiger partial charge in [-0.05, 0) is 45.8 Å². The van der Waals surface area contributed by atoms with Crippen LogP contribution < -0.4 is 5.32 Å². The van der Waals surface area contributed by atoms with Gasteiger partial charge in [-0.25, -0.2) is 4.79 Å². The number of methoxy groups -OCH3 is 1. The zero-order chi connectivity index (χ0) is 13.8. The molecule has 0 spiro atoms. The smallest absolute Gasteiger partial charge is 0.317 e. The van der Waals surface area contributed by atoms with Gasteiger partial charge in [-0.15, -0.1) is 11.3 Å². The average molecular weight is 347 g/mol. The molecule has 19 heavy (non-hydrogen) atoms. The van der Waals surface area contributed by atoms with E-state index in [4.69, 9.17) is 4.74 Å². The predicted octanol–water partition coefficient (Wildman–Crippen LogP) is 3.08. The maximum absolute atomic E-state index is 12.1. The second-order valence-electron chi connectivity index (χ2n) is 4.96. The molecule has 1 saturated carbocycles. The van der Waals surface area contributed by atoms with Crippen LogP contribution in [0.5, 0.6) is 0 Å². The summed E-state index contributed by atoms with van der Waals surface area (Å²) in [6.45, 7) is 1.36. The van der Waals surface area contributed by atoms with E-state index in [-0.39, 0.29) is 12.1 Å². The highest BCUT2D eigenvalue weighted by Gasteiger charge is 2.32. The Bertz CT molecular complexity index is 438. The number of carbonyl (C=O) groups is 1. The molecule has 0 radical (unpaired) electrons. The van der Waals surface area contributed by atoms with Gasteiger partial charge < -0.3 is 15.0 Å². The topological polar surface area (TPSA) is 41.6 Å². The molecule has 2 amide bonds. The van der Waals surface area contributed by atoms with Gasteiger partial charge in [-0.2, -0.15) is 0 Å². The van der Waals surface area contributed by atoms with E-state index in [0.717, 1.165) is 28.8 Å². The summed E-state index contributed by atoms with van der Waals surface area (Å²) in [6.07, 6.45) is 2.19. The molecule has 106 valence electrons. The molecule has 4 nitrogen and oxygen atoms in total. The largest absolute Gasteiger partial charge is 0.384 e. The number of nitrogens with one attached hydrogen (secondary N) is 1. The van der Waals surface area contributed by atoms with Crippen LogP contribution in [0.3, 0.4) is 0 Å². The van der Waals surface area contributed by atoms with Crippen LogP contribution in [-0.4, -0.2) is 37.7 Å². The molecule has 2 atom stereocenters. The highest BCUT2D eigenvalue weighted by molar-refractivity contribution is 9.11. The van der Waals surface area contributed by atoms with Crippen molar-refractivity contribution in [2.45, 2.75) is 25.4 Å². The van der Waals surface area contributed by atoms with E-state index >= 15 is 0 Å². The van der Waals surface area contributed by atoms with Gasteiger partial charge in [0.05, 0.1) is 10.4 Å². The molecule has 6 heteroatoms. The Balaban J connectivity index is 1.79. The number of amides is 2. The normalized spacial score (nSPS) is 21.8. The lowest BCUT2D eigenvalue weighted by molar-refractivity contribution is 0.0803. The molecule has 1 aliphatic carbocycles. The fourth-order valence-electron chi connectivity index (χ4n) is 2.22. The number of urea groups is 1. The first kappa shape index (κ1) is 14.8. The lowest BCUT2D eigenvalue weighted by Crippen LogP contribution is -2.51. The van der Waals surface area contributed by atoms with Crippen molar-refractivity contribution in [2.75, 3.05) is 20.8 Å². The van der Waals surface area contributed by atoms with E-state index in [2.05, 4.69) is 26.6 Å². The number of hydrogen-bond donors (Lipinski definition) is 1. The predicted molar refractivity (Wildman–Crippen MR) is 80.4 cm³/mol. The summed E-state index contributed by atoms with van der Waals surface area (Å²) >= 11 is 5.07. The summed E-state index contributed by atoms with van der Waals surface area (Å²) in [5.74, 6) is 0.470. The highest BCUT2D eigenvalue weighted by Crippen LogP contribution is 2.27. The van der Waals surface area contributed by atoms with Crippen LogP contribution in [0.15, 0.2) is 15.2 Å². The van der Waals surface area contributed by atoms with Gasteiger partial charge in [0.1, 0.15) is 0 Å². The molecule has 1 N–H and O–H groups in total. The minimum absolute atomic E-state index is 0.00637. The van der Waals surface area contributed by atoms with Crippen molar-refractivity contribution in [1.82, 2.24) is 10.2 Å². The van der Waals surface area contributed by atoms with Crippen LogP contribution in [0.25, 0.3) is 0 Å². The molecule has 0 aliphatic heterocycles. The van der Waals surface area contributed by atoms with Crippen LogP contribution in [0.4, 0.5) is 4.79 Å². The molecule has 1 aromatic rings. The van der Waals surface area contributed by atoms with Crippen LogP contribution in [0.2, 0.25) is 0 Å². The molecular weight excluding hydrogens is 328 g/mol. The van der Waals surface area contributed by atoms with Crippen molar-refractivity contribution in [3.8, 4) is 0 Å². The Morgan fingerprint density at radius 1 is 1.63 bits per heavy atom.